The molecule has 2 heterocycles. The molecule has 1 saturated heterocycles. The average molecular weight is 314 g/mol. The summed E-state index contributed by atoms with van der Waals surface area (Å²) in [5.74, 6) is 0.303. The molecule has 1 unspecified atom stereocenters. The van der Waals surface area contributed by atoms with Crippen molar-refractivity contribution in [1.29, 1.82) is 0 Å². The zero-order valence-corrected chi connectivity index (χ0v) is 13.7. The minimum atomic E-state index is 0.0814. The van der Waals surface area contributed by atoms with Gasteiger partial charge in [-0.05, 0) is 31.9 Å². The van der Waals surface area contributed by atoms with Crippen LogP contribution in [0.2, 0.25) is 0 Å². The van der Waals surface area contributed by atoms with E-state index in [1.807, 2.05) is 6.21 Å². The van der Waals surface area contributed by atoms with Gasteiger partial charge in [0.1, 0.15) is 6.17 Å². The molecule has 0 amide bonds. The van der Waals surface area contributed by atoms with Crippen molar-refractivity contribution in [1.82, 2.24) is 15.2 Å². The van der Waals surface area contributed by atoms with Crippen LogP contribution in [0, 0.1) is 0 Å². The number of aliphatic imine (C=N–C) groups is 1. The lowest BCUT2D eigenvalue weighted by atomic mass is 10.0. The van der Waals surface area contributed by atoms with Crippen molar-refractivity contribution in [3.05, 3.63) is 35.9 Å². The number of guanidine groups is 1. The van der Waals surface area contributed by atoms with E-state index in [2.05, 4.69) is 62.7 Å². The molecule has 0 saturated carbocycles. The number of likely N-dealkylation sites (tertiary alicyclic amines) is 1. The smallest absolute Gasteiger partial charge is 0.237 e. The fourth-order valence-corrected chi connectivity index (χ4v) is 3.25. The summed E-state index contributed by atoms with van der Waals surface area (Å²) in [6.45, 7) is 3.22. The number of piperidine rings is 1. The molecule has 3 rings (SSSR count). The summed E-state index contributed by atoms with van der Waals surface area (Å²) in [7, 11) is 2.24. The first-order valence-electron chi connectivity index (χ1n) is 8.33. The van der Waals surface area contributed by atoms with Crippen molar-refractivity contribution in [2.24, 2.45) is 15.8 Å². The van der Waals surface area contributed by atoms with Crippen LogP contribution in [-0.2, 0) is 6.42 Å². The van der Waals surface area contributed by atoms with Gasteiger partial charge in [-0.3, -0.25) is 10.3 Å². The van der Waals surface area contributed by atoms with Crippen LogP contribution in [0.5, 0.6) is 0 Å². The van der Waals surface area contributed by atoms with Crippen molar-refractivity contribution in [2.75, 3.05) is 26.7 Å². The first kappa shape index (κ1) is 16.0. The number of hydrogen-bond acceptors (Lipinski definition) is 6. The van der Waals surface area contributed by atoms with Crippen LogP contribution in [0.25, 0.3) is 0 Å². The summed E-state index contributed by atoms with van der Waals surface area (Å²) in [4.78, 5) is 8.97. The Balaban J connectivity index is 1.42. The Bertz CT molecular complexity index is 547. The Morgan fingerprint density at radius 1 is 1.26 bits per heavy atom. The maximum Gasteiger partial charge on any atom is 0.237 e. The minimum absolute atomic E-state index is 0.0814. The van der Waals surface area contributed by atoms with E-state index in [4.69, 9.17) is 5.73 Å². The summed E-state index contributed by atoms with van der Waals surface area (Å²) < 4.78 is 0. The van der Waals surface area contributed by atoms with E-state index in [-0.39, 0.29) is 6.17 Å². The average Bonchev–Trinajstić information content (AvgIpc) is 2.61. The highest BCUT2D eigenvalue weighted by Gasteiger charge is 2.26. The molecule has 0 radical (unpaired) electrons. The number of benzene rings is 1. The van der Waals surface area contributed by atoms with Crippen molar-refractivity contribution >= 4 is 12.2 Å². The molecule has 0 spiro atoms. The van der Waals surface area contributed by atoms with Gasteiger partial charge in [0.2, 0.25) is 5.96 Å². The lowest BCUT2D eigenvalue weighted by Crippen LogP contribution is -2.53. The van der Waals surface area contributed by atoms with Gasteiger partial charge < -0.3 is 10.6 Å². The molecule has 124 valence electrons. The number of rotatable bonds is 5. The summed E-state index contributed by atoms with van der Waals surface area (Å²) in [6.07, 6.45) is 5.40. The molecular weight excluding hydrogens is 288 g/mol. The fourth-order valence-electron chi connectivity index (χ4n) is 3.25. The largest absolute Gasteiger partial charge is 0.367 e. The predicted octanol–water partition coefficient (Wildman–Crippen LogP) is 0.855. The van der Waals surface area contributed by atoms with Crippen molar-refractivity contribution in [3.8, 4) is 0 Å². The highest BCUT2D eigenvalue weighted by atomic mass is 15.5. The lowest BCUT2D eigenvalue weighted by Gasteiger charge is -2.39. The zero-order valence-electron chi connectivity index (χ0n) is 13.7. The third-order valence-corrected chi connectivity index (χ3v) is 4.77. The van der Waals surface area contributed by atoms with Gasteiger partial charge in [-0.15, -0.1) is 5.10 Å². The third-order valence-electron chi connectivity index (χ3n) is 4.77. The van der Waals surface area contributed by atoms with Crippen LogP contribution < -0.4 is 11.2 Å². The molecule has 0 aliphatic carbocycles. The number of nitrogens with two attached hydrogens (primary N) is 1. The molecule has 23 heavy (non-hydrogen) atoms. The van der Waals surface area contributed by atoms with E-state index in [0.717, 1.165) is 26.1 Å². The van der Waals surface area contributed by atoms with Crippen LogP contribution in [0.3, 0.4) is 0 Å². The standard InChI is InChI=1S/C17H26N6/c1-22(10-7-14-5-3-2-4-6-14)15-8-11-23(12-9-15)16-13-19-17(18)21-20-16/h2-6,13,15-16,20H,7-12H2,1H3,(H2,18,21). The Kier molecular flexibility index (Phi) is 5.25. The maximum atomic E-state index is 5.53. The number of hydrogen-bond donors (Lipinski definition) is 2. The summed E-state index contributed by atoms with van der Waals surface area (Å²) in [5, 5.41) is 4.00. The van der Waals surface area contributed by atoms with E-state index in [9.17, 15) is 0 Å². The Labute approximate surface area is 138 Å². The molecule has 0 bridgehead atoms. The van der Waals surface area contributed by atoms with Crippen molar-refractivity contribution < 1.29 is 0 Å². The number of nitrogens with zero attached hydrogens (tertiary/aromatic N) is 4. The van der Waals surface area contributed by atoms with Crippen LogP contribution in [0.4, 0.5) is 0 Å². The molecule has 1 atom stereocenters. The van der Waals surface area contributed by atoms with E-state index < -0.39 is 0 Å². The lowest BCUT2D eigenvalue weighted by molar-refractivity contribution is 0.108. The monoisotopic (exact) mass is 314 g/mol. The van der Waals surface area contributed by atoms with E-state index in [1.54, 1.807) is 0 Å². The molecule has 1 aromatic rings. The quantitative estimate of drug-likeness (QED) is 0.845. The molecule has 3 N–H and O–H groups in total. The van der Waals surface area contributed by atoms with Gasteiger partial charge in [0, 0.05) is 31.9 Å². The summed E-state index contributed by atoms with van der Waals surface area (Å²) >= 11 is 0. The summed E-state index contributed by atoms with van der Waals surface area (Å²) in [5.41, 5.74) is 10.0. The number of hydrazone groups is 1. The third kappa shape index (κ3) is 4.30. The SMILES string of the molecule is CN(CCc1ccccc1)C1CCN(C2C=NC(N)=NN2)CC1. The topological polar surface area (TPSA) is 69.2 Å². The summed E-state index contributed by atoms with van der Waals surface area (Å²) in [6, 6.07) is 11.4. The molecule has 2 aliphatic heterocycles. The molecule has 0 aromatic heterocycles. The van der Waals surface area contributed by atoms with Gasteiger partial charge in [0.25, 0.3) is 0 Å². The first-order valence-corrected chi connectivity index (χ1v) is 8.33. The molecule has 1 aromatic carbocycles. The van der Waals surface area contributed by atoms with Crippen LogP contribution in [-0.4, -0.2) is 60.9 Å². The molecular formula is C17H26N6. The normalized spacial score (nSPS) is 22.9. The molecule has 1 fully saturated rings. The highest BCUT2D eigenvalue weighted by Crippen LogP contribution is 2.17. The van der Waals surface area contributed by atoms with Crippen molar-refractivity contribution in [2.45, 2.75) is 31.5 Å². The van der Waals surface area contributed by atoms with Gasteiger partial charge in [0.05, 0.1) is 0 Å². The second-order valence-electron chi connectivity index (χ2n) is 6.31. The molecule has 6 nitrogen and oxygen atoms in total. The van der Waals surface area contributed by atoms with Crippen LogP contribution in [0.1, 0.15) is 18.4 Å². The van der Waals surface area contributed by atoms with E-state index >= 15 is 0 Å². The highest BCUT2D eigenvalue weighted by molar-refractivity contribution is 5.89. The second kappa shape index (κ2) is 7.57. The molecule has 6 heteroatoms. The Hall–Kier alpha value is -1.92. The maximum absolute atomic E-state index is 5.53. The predicted molar refractivity (Wildman–Crippen MR) is 94.4 cm³/mol. The van der Waals surface area contributed by atoms with Crippen LogP contribution in [0.15, 0.2) is 40.4 Å². The van der Waals surface area contributed by atoms with Gasteiger partial charge in [-0.2, -0.15) is 0 Å². The van der Waals surface area contributed by atoms with Gasteiger partial charge in [0.15, 0.2) is 0 Å². The van der Waals surface area contributed by atoms with Gasteiger partial charge in [-0.25, -0.2) is 4.99 Å². The zero-order chi connectivity index (χ0) is 16.1. The second-order valence-corrected chi connectivity index (χ2v) is 6.31. The van der Waals surface area contributed by atoms with E-state index in [1.165, 1.54) is 18.4 Å². The minimum Gasteiger partial charge on any atom is -0.367 e. The number of nitrogens with one attached hydrogen (secondary N) is 1. The van der Waals surface area contributed by atoms with Crippen LogP contribution >= 0.6 is 0 Å². The van der Waals surface area contributed by atoms with Gasteiger partial charge >= 0.3 is 0 Å². The molecule has 2 aliphatic rings. The van der Waals surface area contributed by atoms with Crippen molar-refractivity contribution in [3.63, 3.8) is 0 Å². The fraction of sp³-hybridized carbons (Fsp3) is 0.529. The van der Waals surface area contributed by atoms with E-state index in [0.29, 0.717) is 12.0 Å². The Morgan fingerprint density at radius 3 is 2.65 bits per heavy atom. The Morgan fingerprint density at radius 2 is 2.00 bits per heavy atom. The number of likely N-dealkylation sites (N-methyl/N-ethyl adjacent to an activating group) is 1. The first-order chi connectivity index (χ1) is 11.2. The van der Waals surface area contributed by atoms with Gasteiger partial charge in [-0.1, -0.05) is 30.3 Å².